The molecule has 13 heavy (non-hydrogen) atoms. The fourth-order valence-corrected chi connectivity index (χ4v) is 1.69. The summed E-state index contributed by atoms with van der Waals surface area (Å²) in [6, 6.07) is 1.71. The van der Waals surface area contributed by atoms with E-state index in [9.17, 15) is 4.79 Å². The molecule has 0 radical (unpaired) electrons. The molecule has 0 amide bonds. The number of nitrogens with zero attached hydrogens (tertiary/aromatic N) is 1. The molecular weight excluding hydrogens is 236 g/mol. The summed E-state index contributed by atoms with van der Waals surface area (Å²) in [5.74, 6) is -0.982. The maximum Gasteiger partial charge on any atom is 0.339 e. The number of pyridine rings is 1. The van der Waals surface area contributed by atoms with Crippen molar-refractivity contribution in [3.63, 3.8) is 0 Å². The first-order valence-electron chi connectivity index (χ1n) is 3.55. The number of hydrogen-bond donors (Lipinski definition) is 2. The second-order valence-electron chi connectivity index (χ2n) is 2.53. The number of halogens is 1. The predicted molar refractivity (Wildman–Crippen MR) is 50.8 cm³/mol. The summed E-state index contributed by atoms with van der Waals surface area (Å²) in [6.07, 6.45) is 3.27. The van der Waals surface area contributed by atoms with Gasteiger partial charge in [0.15, 0.2) is 0 Å². The quantitative estimate of drug-likeness (QED) is 0.750. The minimum absolute atomic E-state index is 0.193. The molecule has 2 aromatic heterocycles. The summed E-state index contributed by atoms with van der Waals surface area (Å²) >= 11 is 3.10. The minimum atomic E-state index is -0.982. The zero-order chi connectivity index (χ0) is 9.42. The molecule has 0 aliphatic rings. The van der Waals surface area contributed by atoms with Crippen LogP contribution in [-0.2, 0) is 0 Å². The van der Waals surface area contributed by atoms with Gasteiger partial charge in [0, 0.05) is 11.6 Å². The highest BCUT2D eigenvalue weighted by molar-refractivity contribution is 9.10. The van der Waals surface area contributed by atoms with Crippen molar-refractivity contribution in [3.05, 3.63) is 28.6 Å². The van der Waals surface area contributed by atoms with E-state index in [1.807, 2.05) is 0 Å². The van der Waals surface area contributed by atoms with Crippen LogP contribution in [0, 0.1) is 0 Å². The molecule has 0 fully saturated rings. The molecule has 0 aromatic carbocycles. The van der Waals surface area contributed by atoms with Crippen LogP contribution in [0.5, 0.6) is 0 Å². The number of aromatic nitrogens is 2. The van der Waals surface area contributed by atoms with E-state index in [-0.39, 0.29) is 5.56 Å². The molecule has 2 aromatic rings. The zero-order valence-corrected chi connectivity index (χ0v) is 8.00. The number of carboxylic acid groups (broad SMARTS) is 1. The molecule has 0 aliphatic heterocycles. The van der Waals surface area contributed by atoms with Crippen molar-refractivity contribution < 1.29 is 9.90 Å². The molecule has 2 rings (SSSR count). The van der Waals surface area contributed by atoms with Crippen molar-refractivity contribution in [1.82, 2.24) is 9.97 Å². The summed E-state index contributed by atoms with van der Waals surface area (Å²) < 4.78 is 0.354. The maximum absolute atomic E-state index is 10.8. The number of nitrogens with one attached hydrogen (secondary N) is 1. The Bertz CT molecular complexity index is 478. The Kier molecular flexibility index (Phi) is 1.81. The maximum atomic E-state index is 10.8. The molecule has 2 heterocycles. The smallest absolute Gasteiger partial charge is 0.339 e. The van der Waals surface area contributed by atoms with Crippen LogP contribution in [0.15, 0.2) is 23.1 Å². The Hall–Kier alpha value is -1.36. The van der Waals surface area contributed by atoms with Crippen molar-refractivity contribution >= 4 is 32.8 Å². The number of aromatic carboxylic acids is 1. The third-order valence-corrected chi connectivity index (χ3v) is 2.38. The van der Waals surface area contributed by atoms with Crippen molar-refractivity contribution in [2.75, 3.05) is 0 Å². The zero-order valence-electron chi connectivity index (χ0n) is 6.41. The van der Waals surface area contributed by atoms with Crippen LogP contribution in [0.25, 0.3) is 10.9 Å². The van der Waals surface area contributed by atoms with Crippen LogP contribution >= 0.6 is 15.9 Å². The van der Waals surface area contributed by atoms with Gasteiger partial charge in [-0.1, -0.05) is 0 Å². The highest BCUT2D eigenvalue weighted by Crippen LogP contribution is 2.23. The Labute approximate surface area is 81.7 Å². The molecule has 2 N–H and O–H groups in total. The second kappa shape index (κ2) is 2.85. The topological polar surface area (TPSA) is 66.0 Å². The fourth-order valence-electron chi connectivity index (χ4n) is 1.21. The molecular formula is C8H5BrN2O2. The Balaban J connectivity index is 2.88. The van der Waals surface area contributed by atoms with E-state index in [2.05, 4.69) is 25.9 Å². The second-order valence-corrected chi connectivity index (χ2v) is 3.29. The van der Waals surface area contributed by atoms with Crippen molar-refractivity contribution in [2.24, 2.45) is 0 Å². The van der Waals surface area contributed by atoms with Crippen LogP contribution in [0.2, 0.25) is 0 Å². The van der Waals surface area contributed by atoms with Gasteiger partial charge in [0.1, 0.15) is 10.2 Å². The lowest BCUT2D eigenvalue weighted by molar-refractivity contribution is 0.0697. The average molecular weight is 241 g/mol. The molecule has 0 saturated carbocycles. The summed E-state index contributed by atoms with van der Waals surface area (Å²) in [7, 11) is 0. The minimum Gasteiger partial charge on any atom is -0.478 e. The van der Waals surface area contributed by atoms with E-state index >= 15 is 0 Å². The standard InChI is InChI=1S/C8H5BrN2O2/c9-7-6(8(12)13)4-1-2-10-5(4)3-11-7/h1-3,10H,(H,12,13). The highest BCUT2D eigenvalue weighted by atomic mass is 79.9. The van der Waals surface area contributed by atoms with Crippen LogP contribution in [0.3, 0.4) is 0 Å². The van der Waals surface area contributed by atoms with Crippen molar-refractivity contribution in [3.8, 4) is 0 Å². The Morgan fingerprint density at radius 3 is 3.08 bits per heavy atom. The average Bonchev–Trinajstić information content (AvgIpc) is 2.50. The fraction of sp³-hybridized carbons (Fsp3) is 0. The monoisotopic (exact) mass is 240 g/mol. The van der Waals surface area contributed by atoms with Gasteiger partial charge in [-0.2, -0.15) is 0 Å². The first kappa shape index (κ1) is 8.25. The number of H-pyrrole nitrogens is 1. The van der Waals surface area contributed by atoms with Crippen LogP contribution in [0.4, 0.5) is 0 Å². The third kappa shape index (κ3) is 1.21. The van der Waals surface area contributed by atoms with E-state index in [1.54, 1.807) is 18.5 Å². The number of rotatable bonds is 1. The molecule has 0 spiro atoms. The SMILES string of the molecule is O=C(O)c1c(Br)ncc2[nH]ccc12. The number of carboxylic acids is 1. The molecule has 0 bridgehead atoms. The van der Waals surface area contributed by atoms with Gasteiger partial charge in [-0.3, -0.25) is 0 Å². The summed E-state index contributed by atoms with van der Waals surface area (Å²) in [5.41, 5.74) is 0.916. The van der Waals surface area contributed by atoms with E-state index in [0.717, 1.165) is 5.52 Å². The van der Waals surface area contributed by atoms with Gasteiger partial charge in [0.05, 0.1) is 11.7 Å². The van der Waals surface area contributed by atoms with Gasteiger partial charge in [-0.25, -0.2) is 9.78 Å². The lowest BCUT2D eigenvalue weighted by Crippen LogP contribution is -1.99. The van der Waals surface area contributed by atoms with Gasteiger partial charge in [-0.15, -0.1) is 0 Å². The molecule has 66 valence electrons. The summed E-state index contributed by atoms with van der Waals surface area (Å²) in [4.78, 5) is 17.7. The number of aromatic amines is 1. The Morgan fingerprint density at radius 1 is 1.62 bits per heavy atom. The molecule has 0 unspecified atom stereocenters. The summed E-state index contributed by atoms with van der Waals surface area (Å²) in [6.45, 7) is 0. The van der Waals surface area contributed by atoms with Crippen LogP contribution in [-0.4, -0.2) is 21.0 Å². The van der Waals surface area contributed by atoms with E-state index in [4.69, 9.17) is 5.11 Å². The first-order valence-corrected chi connectivity index (χ1v) is 4.34. The van der Waals surface area contributed by atoms with Crippen LogP contribution < -0.4 is 0 Å². The first-order chi connectivity index (χ1) is 6.20. The largest absolute Gasteiger partial charge is 0.478 e. The lowest BCUT2D eigenvalue weighted by Gasteiger charge is -1.98. The van der Waals surface area contributed by atoms with Crippen molar-refractivity contribution in [1.29, 1.82) is 0 Å². The highest BCUT2D eigenvalue weighted by Gasteiger charge is 2.14. The molecule has 5 heteroatoms. The molecule has 0 saturated heterocycles. The van der Waals surface area contributed by atoms with E-state index < -0.39 is 5.97 Å². The molecule has 0 atom stereocenters. The van der Waals surface area contributed by atoms with E-state index in [0.29, 0.717) is 9.99 Å². The van der Waals surface area contributed by atoms with Crippen molar-refractivity contribution in [2.45, 2.75) is 0 Å². The summed E-state index contributed by atoms with van der Waals surface area (Å²) in [5, 5.41) is 9.56. The van der Waals surface area contributed by atoms with Gasteiger partial charge in [0.25, 0.3) is 0 Å². The number of fused-ring (bicyclic) bond motifs is 1. The normalized spacial score (nSPS) is 10.5. The third-order valence-electron chi connectivity index (χ3n) is 1.78. The van der Waals surface area contributed by atoms with Gasteiger partial charge in [-0.05, 0) is 22.0 Å². The number of hydrogen-bond acceptors (Lipinski definition) is 2. The number of carbonyl (C=O) groups is 1. The predicted octanol–water partition coefficient (Wildman–Crippen LogP) is 2.02. The molecule has 0 aliphatic carbocycles. The van der Waals surface area contributed by atoms with Gasteiger partial charge in [0.2, 0.25) is 0 Å². The van der Waals surface area contributed by atoms with Gasteiger partial charge >= 0.3 is 5.97 Å². The van der Waals surface area contributed by atoms with Crippen LogP contribution in [0.1, 0.15) is 10.4 Å². The lowest BCUT2D eigenvalue weighted by atomic mass is 10.2. The van der Waals surface area contributed by atoms with E-state index in [1.165, 1.54) is 0 Å². The van der Waals surface area contributed by atoms with Gasteiger partial charge < -0.3 is 10.1 Å². The molecule has 4 nitrogen and oxygen atoms in total. The Morgan fingerprint density at radius 2 is 2.38 bits per heavy atom.